The maximum absolute atomic E-state index is 11.5. The lowest BCUT2D eigenvalue weighted by atomic mass is 10.1. The normalized spacial score (nSPS) is 12.3. The number of aromatic nitrogens is 1. The van der Waals surface area contributed by atoms with Crippen molar-refractivity contribution in [2.24, 2.45) is 5.92 Å². The molecule has 1 aromatic carbocycles. The molecule has 1 unspecified atom stereocenters. The summed E-state index contributed by atoms with van der Waals surface area (Å²) >= 11 is 2.30. The third-order valence-electron chi connectivity index (χ3n) is 2.35. The molecule has 0 amide bonds. The van der Waals surface area contributed by atoms with Crippen LogP contribution in [0.1, 0.15) is 13.3 Å². The topological polar surface area (TPSA) is 76.5 Å². The van der Waals surface area contributed by atoms with Crippen LogP contribution in [0.3, 0.4) is 0 Å². The molecular weight excluding hydrogens is 286 g/mol. The number of fused-ring (bicyclic) bond motifs is 1. The van der Waals surface area contributed by atoms with Gasteiger partial charge in [-0.15, -0.1) is 11.3 Å². The van der Waals surface area contributed by atoms with Gasteiger partial charge < -0.3 is 9.29 Å². The Bertz CT molecular complexity index is 578. The maximum atomic E-state index is 11.5. The largest absolute Gasteiger partial charge is 0.481 e. The van der Waals surface area contributed by atoms with Gasteiger partial charge in [0.2, 0.25) is 0 Å². The molecule has 0 saturated heterocycles. The van der Waals surface area contributed by atoms with Crippen LogP contribution in [-0.2, 0) is 13.8 Å². The number of benzene rings is 1. The second-order valence-electron chi connectivity index (χ2n) is 3.93. The van der Waals surface area contributed by atoms with Crippen LogP contribution < -0.4 is 0 Å². The summed E-state index contributed by atoms with van der Waals surface area (Å²) in [4.78, 5) is 26.3. The predicted octanol–water partition coefficient (Wildman–Crippen LogP) is 2.96. The van der Waals surface area contributed by atoms with Crippen LogP contribution in [0.5, 0.6) is 0 Å². The molecule has 1 heterocycles. The molecule has 7 heteroatoms. The second-order valence-corrected chi connectivity index (χ2v) is 5.94. The molecule has 0 aliphatic rings. The van der Waals surface area contributed by atoms with E-state index in [2.05, 4.69) is 4.98 Å². The number of carbonyl (C=O) groups is 2. The quantitative estimate of drug-likeness (QED) is 0.855. The smallest absolute Gasteiger partial charge is 0.321 e. The fourth-order valence-corrected chi connectivity index (χ4v) is 3.05. The first-order valence-corrected chi connectivity index (χ1v) is 7.08. The summed E-state index contributed by atoms with van der Waals surface area (Å²) in [6.45, 7) is 1.52. The molecule has 0 aliphatic carbocycles. The molecule has 19 heavy (non-hydrogen) atoms. The zero-order valence-electron chi connectivity index (χ0n) is 10.0. The summed E-state index contributed by atoms with van der Waals surface area (Å²) in [6, 6.07) is 7.62. The summed E-state index contributed by atoms with van der Waals surface area (Å²) in [7, 11) is 0. The van der Waals surface area contributed by atoms with Gasteiger partial charge in [-0.05, 0) is 12.1 Å². The van der Waals surface area contributed by atoms with E-state index in [4.69, 9.17) is 9.29 Å². The van der Waals surface area contributed by atoms with Gasteiger partial charge >= 0.3 is 11.9 Å². The molecule has 0 bridgehead atoms. The van der Waals surface area contributed by atoms with Crippen molar-refractivity contribution in [2.45, 2.75) is 17.7 Å². The molecule has 2 rings (SSSR count). The van der Waals surface area contributed by atoms with Crippen molar-refractivity contribution >= 4 is 45.5 Å². The van der Waals surface area contributed by atoms with E-state index in [1.165, 1.54) is 18.3 Å². The minimum atomic E-state index is -1.02. The van der Waals surface area contributed by atoms with Crippen molar-refractivity contribution in [1.29, 1.82) is 0 Å². The number of thiazole rings is 1. The Morgan fingerprint density at radius 3 is 2.89 bits per heavy atom. The van der Waals surface area contributed by atoms with Gasteiger partial charge in [0, 0.05) is 0 Å². The maximum Gasteiger partial charge on any atom is 0.321 e. The van der Waals surface area contributed by atoms with Crippen LogP contribution in [0.4, 0.5) is 0 Å². The van der Waals surface area contributed by atoms with E-state index in [0.29, 0.717) is 4.34 Å². The lowest BCUT2D eigenvalue weighted by Crippen LogP contribution is -2.15. The van der Waals surface area contributed by atoms with E-state index in [1.807, 2.05) is 24.3 Å². The van der Waals surface area contributed by atoms with Crippen LogP contribution in [0.25, 0.3) is 10.2 Å². The highest BCUT2D eigenvalue weighted by Gasteiger charge is 2.19. The zero-order chi connectivity index (χ0) is 13.8. The van der Waals surface area contributed by atoms with Crippen LogP contribution in [0.15, 0.2) is 28.6 Å². The first-order chi connectivity index (χ1) is 9.06. The summed E-state index contributed by atoms with van der Waals surface area (Å²) < 4.78 is 6.62. The van der Waals surface area contributed by atoms with E-state index >= 15 is 0 Å². The molecule has 1 N–H and O–H groups in total. The van der Waals surface area contributed by atoms with Gasteiger partial charge in [0.05, 0.1) is 22.6 Å². The van der Waals surface area contributed by atoms with E-state index in [0.717, 1.165) is 22.3 Å². The van der Waals surface area contributed by atoms with Gasteiger partial charge in [0.1, 0.15) is 12.0 Å². The number of carboxylic acids is 1. The lowest BCUT2D eigenvalue weighted by Gasteiger charge is -2.05. The Hall–Kier alpha value is -1.60. The number of hydrogen-bond acceptors (Lipinski definition) is 6. The third-order valence-corrected chi connectivity index (χ3v) is 4.12. The molecule has 2 aromatic rings. The Kier molecular flexibility index (Phi) is 4.39. The Labute approximate surface area is 117 Å². The van der Waals surface area contributed by atoms with Crippen molar-refractivity contribution in [2.75, 3.05) is 0 Å². The second kappa shape index (κ2) is 6.03. The molecule has 0 fully saturated rings. The van der Waals surface area contributed by atoms with E-state index in [9.17, 15) is 9.59 Å². The Balaban J connectivity index is 1.94. The van der Waals surface area contributed by atoms with Gasteiger partial charge in [-0.3, -0.25) is 9.59 Å². The van der Waals surface area contributed by atoms with Crippen LogP contribution >= 0.6 is 23.4 Å². The summed E-state index contributed by atoms with van der Waals surface area (Å²) in [5.74, 6) is -2.24. The monoisotopic (exact) mass is 297 g/mol. The van der Waals surface area contributed by atoms with Gasteiger partial charge in [-0.1, -0.05) is 19.1 Å². The summed E-state index contributed by atoms with van der Waals surface area (Å²) in [5.41, 5.74) is 0.852. The number of carboxylic acid groups (broad SMARTS) is 1. The standard InChI is InChI=1S/C12H11NO4S2/c1-7(6-10(14)15)11(16)17-19-12-13-8-4-2-3-5-9(8)18-12/h2-5,7H,6H2,1H3,(H,14,15). The average Bonchev–Trinajstić information content (AvgIpc) is 2.77. The number of para-hydroxylation sites is 1. The van der Waals surface area contributed by atoms with Crippen LogP contribution in [-0.4, -0.2) is 22.0 Å². The van der Waals surface area contributed by atoms with Crippen molar-refractivity contribution < 1.29 is 18.9 Å². The zero-order valence-corrected chi connectivity index (χ0v) is 11.7. The summed E-state index contributed by atoms with van der Waals surface area (Å²) in [6.07, 6.45) is -0.237. The van der Waals surface area contributed by atoms with Gasteiger partial charge in [-0.2, -0.15) is 0 Å². The molecule has 5 nitrogen and oxygen atoms in total. The first kappa shape index (κ1) is 13.8. The van der Waals surface area contributed by atoms with Gasteiger partial charge in [-0.25, -0.2) is 4.98 Å². The highest BCUT2D eigenvalue weighted by molar-refractivity contribution is 7.97. The molecule has 100 valence electrons. The van der Waals surface area contributed by atoms with E-state index in [-0.39, 0.29) is 6.42 Å². The van der Waals surface area contributed by atoms with E-state index < -0.39 is 17.9 Å². The molecule has 0 aliphatic heterocycles. The molecule has 0 spiro atoms. The van der Waals surface area contributed by atoms with Crippen LogP contribution in [0, 0.1) is 5.92 Å². The fourth-order valence-electron chi connectivity index (χ4n) is 1.39. The van der Waals surface area contributed by atoms with Crippen molar-refractivity contribution in [1.82, 2.24) is 4.98 Å². The number of rotatable bonds is 5. The lowest BCUT2D eigenvalue weighted by molar-refractivity contribution is -0.145. The number of hydrogen-bond donors (Lipinski definition) is 1. The van der Waals surface area contributed by atoms with Gasteiger partial charge in [0.15, 0.2) is 4.34 Å². The minimum Gasteiger partial charge on any atom is -0.481 e. The highest BCUT2D eigenvalue weighted by Crippen LogP contribution is 2.30. The Morgan fingerprint density at radius 2 is 2.21 bits per heavy atom. The number of nitrogens with zero attached hydrogens (tertiary/aromatic N) is 1. The van der Waals surface area contributed by atoms with Gasteiger partial charge in [0.25, 0.3) is 0 Å². The molecule has 0 radical (unpaired) electrons. The van der Waals surface area contributed by atoms with Crippen molar-refractivity contribution in [3.8, 4) is 0 Å². The highest BCUT2D eigenvalue weighted by atomic mass is 32.2. The average molecular weight is 297 g/mol. The van der Waals surface area contributed by atoms with Crippen LogP contribution in [0.2, 0.25) is 0 Å². The molecule has 1 atom stereocenters. The van der Waals surface area contributed by atoms with Crippen molar-refractivity contribution in [3.05, 3.63) is 24.3 Å². The predicted molar refractivity (Wildman–Crippen MR) is 73.0 cm³/mol. The molecule has 0 saturated carbocycles. The number of aliphatic carboxylic acids is 1. The third kappa shape index (κ3) is 3.68. The number of carbonyl (C=O) groups excluding carboxylic acids is 1. The fraction of sp³-hybridized carbons (Fsp3) is 0.250. The molecule has 1 aromatic heterocycles. The summed E-state index contributed by atoms with van der Waals surface area (Å²) in [5, 5.41) is 8.59. The molecular formula is C12H11NO4S2. The van der Waals surface area contributed by atoms with Crippen molar-refractivity contribution in [3.63, 3.8) is 0 Å². The minimum absolute atomic E-state index is 0.237. The first-order valence-electron chi connectivity index (χ1n) is 5.52. The Morgan fingerprint density at radius 1 is 1.47 bits per heavy atom. The SMILES string of the molecule is CC(CC(=O)O)C(=O)OSc1nc2ccccc2s1. The van der Waals surface area contributed by atoms with E-state index in [1.54, 1.807) is 0 Å².